The summed E-state index contributed by atoms with van der Waals surface area (Å²) >= 11 is 3.32. The summed E-state index contributed by atoms with van der Waals surface area (Å²) in [5, 5.41) is 0. The lowest BCUT2D eigenvalue weighted by Crippen LogP contribution is -2.25. The highest BCUT2D eigenvalue weighted by atomic mass is 79.9. The molecule has 0 bridgehead atoms. The molecule has 0 saturated carbocycles. The van der Waals surface area contributed by atoms with E-state index in [0.717, 1.165) is 10.9 Å². The molecule has 1 rings (SSSR count). The second kappa shape index (κ2) is 6.99. The molecule has 0 amide bonds. The summed E-state index contributed by atoms with van der Waals surface area (Å²) in [7, 11) is 0. The van der Waals surface area contributed by atoms with Crippen LogP contribution in [0.4, 0.5) is 4.39 Å². The number of nitrogens with two attached hydrogens (primary N) is 1. The first-order valence-electron chi connectivity index (χ1n) is 5.40. The maximum Gasteiger partial charge on any atom is 0.126 e. The van der Waals surface area contributed by atoms with Crippen molar-refractivity contribution in [2.45, 2.75) is 25.8 Å². The maximum atomic E-state index is 13.4. The van der Waals surface area contributed by atoms with Crippen molar-refractivity contribution in [2.75, 3.05) is 13.2 Å². The van der Waals surface area contributed by atoms with Crippen molar-refractivity contribution in [2.24, 2.45) is 5.73 Å². The topological polar surface area (TPSA) is 35.2 Å². The van der Waals surface area contributed by atoms with E-state index >= 15 is 0 Å². The van der Waals surface area contributed by atoms with Crippen LogP contribution in [0, 0.1) is 5.82 Å². The number of rotatable bonds is 6. The van der Waals surface area contributed by atoms with Crippen LogP contribution in [0.1, 0.15) is 18.9 Å². The van der Waals surface area contributed by atoms with Gasteiger partial charge < -0.3 is 10.5 Å². The summed E-state index contributed by atoms with van der Waals surface area (Å²) < 4.78 is 19.5. The fourth-order valence-corrected chi connectivity index (χ4v) is 1.87. The molecule has 16 heavy (non-hydrogen) atoms. The van der Waals surface area contributed by atoms with Crippen molar-refractivity contribution in [3.63, 3.8) is 0 Å². The zero-order valence-corrected chi connectivity index (χ0v) is 11.0. The van der Waals surface area contributed by atoms with E-state index in [-0.39, 0.29) is 11.9 Å². The van der Waals surface area contributed by atoms with E-state index in [0.29, 0.717) is 25.2 Å². The van der Waals surface area contributed by atoms with Crippen molar-refractivity contribution in [3.05, 3.63) is 34.1 Å². The molecule has 0 heterocycles. The summed E-state index contributed by atoms with van der Waals surface area (Å²) in [6, 6.07) is 4.85. The molecule has 1 atom stereocenters. The van der Waals surface area contributed by atoms with E-state index in [1.54, 1.807) is 12.1 Å². The van der Waals surface area contributed by atoms with Gasteiger partial charge >= 0.3 is 0 Å². The van der Waals surface area contributed by atoms with Crippen molar-refractivity contribution in [1.82, 2.24) is 0 Å². The van der Waals surface area contributed by atoms with Gasteiger partial charge in [-0.3, -0.25) is 0 Å². The van der Waals surface area contributed by atoms with Gasteiger partial charge in [0.1, 0.15) is 5.82 Å². The van der Waals surface area contributed by atoms with Gasteiger partial charge in [0.15, 0.2) is 0 Å². The standard InChI is InChI=1S/C12H17BrFNO/c1-2-16-6-5-11(15)8-9-7-10(13)3-4-12(9)14/h3-4,7,11H,2,5-6,8,15H2,1H3. The molecule has 90 valence electrons. The summed E-state index contributed by atoms with van der Waals surface area (Å²) in [5.41, 5.74) is 6.55. The van der Waals surface area contributed by atoms with Crippen molar-refractivity contribution in [3.8, 4) is 0 Å². The Bertz CT molecular complexity index is 333. The van der Waals surface area contributed by atoms with E-state index in [1.165, 1.54) is 6.07 Å². The summed E-state index contributed by atoms with van der Waals surface area (Å²) in [6.07, 6.45) is 1.29. The van der Waals surface area contributed by atoms with Gasteiger partial charge in [-0.2, -0.15) is 0 Å². The highest BCUT2D eigenvalue weighted by Crippen LogP contribution is 2.17. The highest BCUT2D eigenvalue weighted by Gasteiger charge is 2.08. The molecular weight excluding hydrogens is 273 g/mol. The molecular formula is C12H17BrFNO. The fourth-order valence-electron chi connectivity index (χ4n) is 1.46. The van der Waals surface area contributed by atoms with Crippen LogP contribution in [0.2, 0.25) is 0 Å². The van der Waals surface area contributed by atoms with Crippen molar-refractivity contribution >= 4 is 15.9 Å². The van der Waals surface area contributed by atoms with E-state index in [9.17, 15) is 4.39 Å². The van der Waals surface area contributed by atoms with Crippen LogP contribution >= 0.6 is 15.9 Å². The van der Waals surface area contributed by atoms with E-state index in [2.05, 4.69) is 15.9 Å². The Labute approximate surface area is 104 Å². The number of hydrogen-bond acceptors (Lipinski definition) is 2. The summed E-state index contributed by atoms with van der Waals surface area (Å²) in [5.74, 6) is -0.199. The van der Waals surface area contributed by atoms with Gasteiger partial charge in [-0.25, -0.2) is 4.39 Å². The molecule has 0 saturated heterocycles. The smallest absolute Gasteiger partial charge is 0.126 e. The highest BCUT2D eigenvalue weighted by molar-refractivity contribution is 9.10. The van der Waals surface area contributed by atoms with Gasteiger partial charge in [-0.1, -0.05) is 15.9 Å². The predicted molar refractivity (Wildman–Crippen MR) is 66.9 cm³/mol. The zero-order valence-electron chi connectivity index (χ0n) is 9.38. The monoisotopic (exact) mass is 289 g/mol. The molecule has 0 aromatic heterocycles. The third kappa shape index (κ3) is 4.60. The zero-order chi connectivity index (χ0) is 12.0. The van der Waals surface area contributed by atoms with Gasteiger partial charge in [0, 0.05) is 23.7 Å². The van der Waals surface area contributed by atoms with Gasteiger partial charge in [0.05, 0.1) is 0 Å². The first kappa shape index (κ1) is 13.6. The SMILES string of the molecule is CCOCCC(N)Cc1cc(Br)ccc1F. The molecule has 1 unspecified atom stereocenters. The van der Waals surface area contributed by atoms with Gasteiger partial charge in [-0.15, -0.1) is 0 Å². The largest absolute Gasteiger partial charge is 0.382 e. The quantitative estimate of drug-likeness (QED) is 0.818. The molecule has 0 aliphatic rings. The van der Waals surface area contributed by atoms with Crippen LogP contribution < -0.4 is 5.73 Å². The Morgan fingerprint density at radius 3 is 2.94 bits per heavy atom. The third-order valence-electron chi connectivity index (χ3n) is 2.33. The van der Waals surface area contributed by atoms with Crippen LogP contribution in [0.25, 0.3) is 0 Å². The van der Waals surface area contributed by atoms with Crippen LogP contribution in [0.15, 0.2) is 22.7 Å². The normalized spacial score (nSPS) is 12.8. The molecule has 0 radical (unpaired) electrons. The van der Waals surface area contributed by atoms with Crippen molar-refractivity contribution < 1.29 is 9.13 Å². The molecule has 1 aromatic carbocycles. The Morgan fingerprint density at radius 1 is 1.50 bits per heavy atom. The first-order valence-corrected chi connectivity index (χ1v) is 6.20. The Balaban J connectivity index is 2.48. The minimum Gasteiger partial charge on any atom is -0.382 e. The van der Waals surface area contributed by atoms with Crippen LogP contribution in [-0.4, -0.2) is 19.3 Å². The summed E-state index contributed by atoms with van der Waals surface area (Å²) in [4.78, 5) is 0. The van der Waals surface area contributed by atoms with E-state index in [1.807, 2.05) is 6.92 Å². The molecule has 1 aromatic rings. The maximum absolute atomic E-state index is 13.4. The Kier molecular flexibility index (Phi) is 5.95. The molecule has 0 aliphatic heterocycles. The molecule has 2 nitrogen and oxygen atoms in total. The van der Waals surface area contributed by atoms with Crippen molar-refractivity contribution in [1.29, 1.82) is 0 Å². The van der Waals surface area contributed by atoms with Crippen LogP contribution in [0.3, 0.4) is 0 Å². The lowest BCUT2D eigenvalue weighted by atomic mass is 10.0. The first-order chi connectivity index (χ1) is 7.63. The predicted octanol–water partition coefficient (Wildman–Crippen LogP) is 2.88. The second-order valence-electron chi connectivity index (χ2n) is 3.69. The molecule has 0 aliphatic carbocycles. The number of halogens is 2. The number of ether oxygens (including phenoxy) is 1. The van der Waals surface area contributed by atoms with Gasteiger partial charge in [0.25, 0.3) is 0 Å². The average Bonchev–Trinajstić information content (AvgIpc) is 2.24. The molecule has 4 heteroatoms. The lowest BCUT2D eigenvalue weighted by Gasteiger charge is -2.12. The molecule has 0 fully saturated rings. The third-order valence-corrected chi connectivity index (χ3v) is 2.82. The minimum atomic E-state index is -0.199. The van der Waals surface area contributed by atoms with Crippen LogP contribution in [0.5, 0.6) is 0 Å². The number of benzene rings is 1. The van der Waals surface area contributed by atoms with Gasteiger partial charge in [-0.05, 0) is 43.5 Å². The van der Waals surface area contributed by atoms with Gasteiger partial charge in [0.2, 0.25) is 0 Å². The fraction of sp³-hybridized carbons (Fsp3) is 0.500. The second-order valence-corrected chi connectivity index (χ2v) is 4.60. The Hall–Kier alpha value is -0.450. The number of hydrogen-bond donors (Lipinski definition) is 1. The van der Waals surface area contributed by atoms with Crippen LogP contribution in [-0.2, 0) is 11.2 Å². The molecule has 2 N–H and O–H groups in total. The average molecular weight is 290 g/mol. The lowest BCUT2D eigenvalue weighted by molar-refractivity contribution is 0.140. The Morgan fingerprint density at radius 2 is 2.25 bits per heavy atom. The summed E-state index contributed by atoms with van der Waals surface area (Å²) in [6.45, 7) is 3.27. The molecule has 0 spiro atoms. The van der Waals surface area contributed by atoms with E-state index < -0.39 is 0 Å². The van der Waals surface area contributed by atoms with E-state index in [4.69, 9.17) is 10.5 Å². The minimum absolute atomic E-state index is 0.0599.